The number of carbonyl (C=O) groups excluding carboxylic acids is 1. The molecule has 0 fully saturated rings. The molecule has 96 valence electrons. The van der Waals surface area contributed by atoms with Gasteiger partial charge in [0, 0.05) is 12.1 Å². The predicted molar refractivity (Wildman–Crippen MR) is 69.4 cm³/mol. The number of nitrogens with zero attached hydrogens (tertiary/aromatic N) is 1. The van der Waals surface area contributed by atoms with Gasteiger partial charge in [0.1, 0.15) is 4.88 Å². The highest BCUT2D eigenvalue weighted by molar-refractivity contribution is 7.13. The number of hydrogen-bond acceptors (Lipinski definition) is 4. The average molecular weight is 256 g/mol. The van der Waals surface area contributed by atoms with Crippen molar-refractivity contribution >= 4 is 17.2 Å². The smallest absolute Gasteiger partial charge is 0.263 e. The van der Waals surface area contributed by atoms with Gasteiger partial charge in [-0.2, -0.15) is 0 Å². The van der Waals surface area contributed by atoms with Crippen LogP contribution in [0.2, 0.25) is 0 Å². The Morgan fingerprint density at radius 3 is 2.76 bits per heavy atom. The molecule has 4 nitrogen and oxygen atoms in total. The van der Waals surface area contributed by atoms with E-state index in [0.29, 0.717) is 11.3 Å². The zero-order valence-corrected chi connectivity index (χ0v) is 11.4. The van der Waals surface area contributed by atoms with Gasteiger partial charge in [-0.3, -0.25) is 4.79 Å². The van der Waals surface area contributed by atoms with Crippen molar-refractivity contribution in [1.29, 1.82) is 0 Å². The molecule has 0 saturated carbocycles. The quantitative estimate of drug-likeness (QED) is 0.818. The number of hydrogen-bond donors (Lipinski definition) is 2. The SMILES string of the molecule is CCc1ncc(C(=O)NC(C)(CC)CCO)s1. The number of carbonyl (C=O) groups is 1. The summed E-state index contributed by atoms with van der Waals surface area (Å²) in [4.78, 5) is 16.8. The van der Waals surface area contributed by atoms with Crippen LogP contribution in [-0.4, -0.2) is 28.1 Å². The molecule has 0 aromatic carbocycles. The van der Waals surface area contributed by atoms with Gasteiger partial charge in [-0.25, -0.2) is 4.98 Å². The van der Waals surface area contributed by atoms with Crippen molar-refractivity contribution in [2.75, 3.05) is 6.61 Å². The Morgan fingerprint density at radius 1 is 1.59 bits per heavy atom. The van der Waals surface area contributed by atoms with Crippen molar-refractivity contribution in [2.45, 2.75) is 45.6 Å². The maximum Gasteiger partial charge on any atom is 0.263 e. The van der Waals surface area contributed by atoms with Crippen molar-refractivity contribution in [3.63, 3.8) is 0 Å². The van der Waals surface area contributed by atoms with Gasteiger partial charge in [-0.05, 0) is 26.2 Å². The molecule has 0 spiro atoms. The van der Waals surface area contributed by atoms with Crippen molar-refractivity contribution in [2.24, 2.45) is 0 Å². The summed E-state index contributed by atoms with van der Waals surface area (Å²) in [6.07, 6.45) is 3.82. The molecule has 1 unspecified atom stereocenters. The third kappa shape index (κ3) is 3.78. The fraction of sp³-hybridized carbons (Fsp3) is 0.667. The zero-order valence-electron chi connectivity index (χ0n) is 10.6. The molecule has 1 amide bonds. The molecule has 1 heterocycles. The molecule has 5 heteroatoms. The molecule has 2 N–H and O–H groups in total. The first-order valence-corrected chi connectivity index (χ1v) is 6.74. The lowest BCUT2D eigenvalue weighted by molar-refractivity contribution is 0.0890. The molecular weight excluding hydrogens is 236 g/mol. The normalized spacial score (nSPS) is 14.4. The largest absolute Gasteiger partial charge is 0.396 e. The third-order valence-electron chi connectivity index (χ3n) is 2.94. The van der Waals surface area contributed by atoms with E-state index >= 15 is 0 Å². The van der Waals surface area contributed by atoms with Crippen LogP contribution in [0.1, 0.15) is 48.3 Å². The second-order valence-electron chi connectivity index (χ2n) is 4.31. The van der Waals surface area contributed by atoms with Gasteiger partial charge < -0.3 is 10.4 Å². The molecule has 1 rings (SSSR count). The van der Waals surface area contributed by atoms with Crippen molar-refractivity contribution in [3.05, 3.63) is 16.1 Å². The Kier molecular flexibility index (Phi) is 5.08. The minimum Gasteiger partial charge on any atom is -0.396 e. The average Bonchev–Trinajstić information content (AvgIpc) is 2.78. The van der Waals surface area contributed by atoms with E-state index in [1.165, 1.54) is 11.3 Å². The standard InChI is InChI=1S/C12H20N2O2S/c1-4-10-13-8-9(17-10)11(16)14-12(3,5-2)6-7-15/h8,15H,4-7H2,1-3H3,(H,14,16). The Labute approximate surface area is 106 Å². The number of aryl methyl sites for hydroxylation is 1. The van der Waals surface area contributed by atoms with Crippen LogP contribution in [0.5, 0.6) is 0 Å². The lowest BCUT2D eigenvalue weighted by Gasteiger charge is -2.28. The second kappa shape index (κ2) is 6.12. The van der Waals surface area contributed by atoms with Gasteiger partial charge in [0.2, 0.25) is 0 Å². The molecule has 1 atom stereocenters. The van der Waals surface area contributed by atoms with Crippen LogP contribution in [0.15, 0.2) is 6.20 Å². The predicted octanol–water partition coefficient (Wildman–Crippen LogP) is 1.99. The highest BCUT2D eigenvalue weighted by Crippen LogP contribution is 2.18. The Hall–Kier alpha value is -0.940. The molecule has 0 aliphatic rings. The molecule has 0 saturated heterocycles. The zero-order chi connectivity index (χ0) is 12.9. The molecule has 17 heavy (non-hydrogen) atoms. The van der Waals surface area contributed by atoms with E-state index in [0.717, 1.165) is 17.8 Å². The Morgan fingerprint density at radius 2 is 2.29 bits per heavy atom. The highest BCUT2D eigenvalue weighted by atomic mass is 32.1. The minimum atomic E-state index is -0.345. The third-order valence-corrected chi connectivity index (χ3v) is 4.08. The van der Waals surface area contributed by atoms with Crippen LogP contribution in [0.3, 0.4) is 0 Å². The van der Waals surface area contributed by atoms with E-state index in [1.54, 1.807) is 6.20 Å². The summed E-state index contributed by atoms with van der Waals surface area (Å²) in [5, 5.41) is 12.9. The summed E-state index contributed by atoms with van der Waals surface area (Å²) in [6, 6.07) is 0. The lowest BCUT2D eigenvalue weighted by atomic mass is 9.95. The van der Waals surface area contributed by atoms with E-state index in [9.17, 15) is 4.79 Å². The molecule has 1 aromatic heterocycles. The lowest BCUT2D eigenvalue weighted by Crippen LogP contribution is -2.45. The molecular formula is C12H20N2O2S. The van der Waals surface area contributed by atoms with Gasteiger partial charge in [0.25, 0.3) is 5.91 Å². The maximum atomic E-state index is 12.0. The monoisotopic (exact) mass is 256 g/mol. The highest BCUT2D eigenvalue weighted by Gasteiger charge is 2.24. The number of rotatable bonds is 6. The number of nitrogens with one attached hydrogen (secondary N) is 1. The van der Waals surface area contributed by atoms with Crippen molar-refractivity contribution in [1.82, 2.24) is 10.3 Å². The first-order valence-electron chi connectivity index (χ1n) is 5.92. The summed E-state index contributed by atoms with van der Waals surface area (Å²) in [6.45, 7) is 6.04. The molecule has 0 aliphatic heterocycles. The maximum absolute atomic E-state index is 12.0. The van der Waals surface area contributed by atoms with E-state index in [-0.39, 0.29) is 18.1 Å². The minimum absolute atomic E-state index is 0.0769. The van der Waals surface area contributed by atoms with Gasteiger partial charge in [0.15, 0.2) is 0 Å². The van der Waals surface area contributed by atoms with Gasteiger partial charge in [-0.1, -0.05) is 13.8 Å². The van der Waals surface area contributed by atoms with E-state index < -0.39 is 0 Å². The van der Waals surface area contributed by atoms with E-state index in [4.69, 9.17) is 5.11 Å². The van der Waals surface area contributed by atoms with Gasteiger partial charge >= 0.3 is 0 Å². The van der Waals surface area contributed by atoms with Crippen molar-refractivity contribution in [3.8, 4) is 0 Å². The summed E-state index contributed by atoms with van der Waals surface area (Å²) in [7, 11) is 0. The Balaban J connectivity index is 2.70. The number of amides is 1. The van der Waals surface area contributed by atoms with Crippen LogP contribution in [0.25, 0.3) is 0 Å². The van der Waals surface area contributed by atoms with E-state index in [1.807, 2.05) is 20.8 Å². The fourth-order valence-corrected chi connectivity index (χ4v) is 2.24. The summed E-state index contributed by atoms with van der Waals surface area (Å²) in [5.41, 5.74) is -0.345. The number of aromatic nitrogens is 1. The first-order chi connectivity index (χ1) is 8.04. The molecule has 0 bridgehead atoms. The fourth-order valence-electron chi connectivity index (χ4n) is 1.49. The molecule has 0 radical (unpaired) electrons. The van der Waals surface area contributed by atoms with Crippen LogP contribution < -0.4 is 5.32 Å². The number of aliphatic hydroxyl groups is 1. The van der Waals surface area contributed by atoms with Crippen LogP contribution in [-0.2, 0) is 6.42 Å². The summed E-state index contributed by atoms with van der Waals surface area (Å²) < 4.78 is 0. The van der Waals surface area contributed by atoms with Crippen LogP contribution >= 0.6 is 11.3 Å². The number of aliphatic hydroxyl groups excluding tert-OH is 1. The van der Waals surface area contributed by atoms with E-state index in [2.05, 4.69) is 10.3 Å². The van der Waals surface area contributed by atoms with Crippen LogP contribution in [0.4, 0.5) is 0 Å². The second-order valence-corrected chi connectivity index (χ2v) is 5.43. The van der Waals surface area contributed by atoms with Crippen molar-refractivity contribution < 1.29 is 9.90 Å². The van der Waals surface area contributed by atoms with Gasteiger partial charge in [0.05, 0.1) is 11.2 Å². The number of thiazole rings is 1. The van der Waals surface area contributed by atoms with Gasteiger partial charge in [-0.15, -0.1) is 11.3 Å². The summed E-state index contributed by atoms with van der Waals surface area (Å²) in [5.74, 6) is -0.0972. The topological polar surface area (TPSA) is 62.2 Å². The van der Waals surface area contributed by atoms with Crippen LogP contribution in [0, 0.1) is 0 Å². The Bertz CT molecular complexity index is 378. The summed E-state index contributed by atoms with van der Waals surface area (Å²) >= 11 is 1.42. The molecule has 0 aliphatic carbocycles. The first kappa shape index (κ1) is 14.1. The molecule has 1 aromatic rings.